The van der Waals surface area contributed by atoms with Crippen molar-refractivity contribution >= 4 is 35.4 Å². The number of amides is 4. The summed E-state index contributed by atoms with van der Waals surface area (Å²) in [6.07, 6.45) is 5.72. The van der Waals surface area contributed by atoms with Crippen LogP contribution in [0.3, 0.4) is 0 Å². The number of carboxylic acids is 1. The summed E-state index contributed by atoms with van der Waals surface area (Å²) in [7, 11) is 1.74. The number of anilines is 2. The van der Waals surface area contributed by atoms with Gasteiger partial charge in [0, 0.05) is 31.4 Å². The molecule has 4 amide bonds. The van der Waals surface area contributed by atoms with E-state index in [2.05, 4.69) is 22.9 Å². The molecule has 1 atom stereocenters. The highest BCUT2D eigenvalue weighted by molar-refractivity contribution is 5.94. The van der Waals surface area contributed by atoms with E-state index in [0.717, 1.165) is 35.2 Å². The third kappa shape index (κ3) is 10.4. The summed E-state index contributed by atoms with van der Waals surface area (Å²) in [5.74, 6) is -1.64. The molecule has 0 aliphatic heterocycles. The Bertz CT molecular complexity index is 1390. The van der Waals surface area contributed by atoms with Gasteiger partial charge in [-0.25, -0.2) is 19.2 Å². The first kappa shape index (κ1) is 33.6. The van der Waals surface area contributed by atoms with Crippen molar-refractivity contribution in [2.75, 3.05) is 30.4 Å². The lowest BCUT2D eigenvalue weighted by molar-refractivity contribution is -0.139. The number of carbonyl (C=O) groups is 4. The van der Waals surface area contributed by atoms with E-state index < -0.39 is 24.0 Å². The summed E-state index contributed by atoms with van der Waals surface area (Å²) in [5.41, 5.74) is 4.05. The maximum Gasteiger partial charge on any atom is 0.338 e. The van der Waals surface area contributed by atoms with Crippen molar-refractivity contribution < 1.29 is 29.0 Å². The second-order valence-corrected chi connectivity index (χ2v) is 10.4. The zero-order valence-electron chi connectivity index (χ0n) is 25.6. The average molecular weight is 603 g/mol. The van der Waals surface area contributed by atoms with Crippen molar-refractivity contribution in [1.82, 2.24) is 10.6 Å². The predicted molar refractivity (Wildman–Crippen MR) is 172 cm³/mol. The lowest BCUT2D eigenvalue weighted by Crippen LogP contribution is -2.44. The number of ether oxygens (including phenoxy) is 1. The number of aliphatic carboxylic acids is 1. The maximum absolute atomic E-state index is 12.6. The summed E-state index contributed by atoms with van der Waals surface area (Å²) >= 11 is 0. The van der Waals surface area contributed by atoms with Crippen molar-refractivity contribution in [3.63, 3.8) is 0 Å². The van der Waals surface area contributed by atoms with Crippen molar-refractivity contribution in [2.45, 2.75) is 58.4 Å². The van der Waals surface area contributed by atoms with E-state index in [4.69, 9.17) is 4.74 Å². The van der Waals surface area contributed by atoms with Gasteiger partial charge in [-0.15, -0.1) is 0 Å². The minimum atomic E-state index is -1.17. The Balaban J connectivity index is 1.56. The Hall–Kier alpha value is -4.86. The summed E-state index contributed by atoms with van der Waals surface area (Å²) in [5, 5.41) is 17.8. The molecule has 44 heavy (non-hydrogen) atoms. The number of unbranched alkanes of at least 4 members (excludes halogenated alkanes) is 4. The van der Waals surface area contributed by atoms with Crippen LogP contribution in [0.25, 0.3) is 11.1 Å². The van der Waals surface area contributed by atoms with Gasteiger partial charge in [-0.05, 0) is 66.4 Å². The molecular weight excluding hydrogens is 560 g/mol. The number of hydrogen-bond acceptors (Lipinski definition) is 5. The van der Waals surface area contributed by atoms with Gasteiger partial charge >= 0.3 is 24.0 Å². The van der Waals surface area contributed by atoms with E-state index in [1.165, 1.54) is 43.5 Å². The second-order valence-electron chi connectivity index (χ2n) is 10.4. The minimum Gasteiger partial charge on any atom is -0.480 e. The zero-order chi connectivity index (χ0) is 31.9. The maximum atomic E-state index is 12.6. The van der Waals surface area contributed by atoms with Gasteiger partial charge in [0.25, 0.3) is 0 Å². The smallest absolute Gasteiger partial charge is 0.338 e. The molecule has 0 fully saturated rings. The Morgan fingerprint density at radius 1 is 0.864 bits per heavy atom. The third-order valence-electron chi connectivity index (χ3n) is 7.08. The average Bonchev–Trinajstić information content (AvgIpc) is 3.02. The summed E-state index contributed by atoms with van der Waals surface area (Å²) < 4.78 is 4.94. The van der Waals surface area contributed by atoms with E-state index in [0.29, 0.717) is 17.8 Å². The van der Waals surface area contributed by atoms with Gasteiger partial charge in [-0.3, -0.25) is 4.90 Å². The van der Waals surface area contributed by atoms with Gasteiger partial charge in [0.1, 0.15) is 6.04 Å². The van der Waals surface area contributed by atoms with E-state index in [9.17, 15) is 24.3 Å². The Morgan fingerprint density at radius 2 is 1.57 bits per heavy atom. The SMILES string of the molecule is CCCCCCCNC(=O)N(C)c1cccc(-c2ccc(CC(NC(=O)Nc3ccc(C(=O)OCC)cc3)C(=O)O)cc2)c1. The minimum absolute atomic E-state index is 0.0756. The fourth-order valence-electron chi connectivity index (χ4n) is 4.55. The highest BCUT2D eigenvalue weighted by Gasteiger charge is 2.21. The molecule has 0 spiro atoms. The topological polar surface area (TPSA) is 137 Å². The molecule has 3 aromatic carbocycles. The van der Waals surface area contributed by atoms with Crippen LogP contribution in [0.4, 0.5) is 21.0 Å². The lowest BCUT2D eigenvalue weighted by Gasteiger charge is -2.19. The molecule has 0 saturated carbocycles. The fourth-order valence-corrected chi connectivity index (χ4v) is 4.55. The molecule has 0 bridgehead atoms. The Labute approximate surface area is 258 Å². The first-order valence-electron chi connectivity index (χ1n) is 15.0. The van der Waals surface area contributed by atoms with E-state index in [1.807, 2.05) is 48.5 Å². The number of urea groups is 2. The summed E-state index contributed by atoms with van der Waals surface area (Å²) in [6, 6.07) is 19.2. The van der Waals surface area contributed by atoms with Gasteiger partial charge in [-0.1, -0.05) is 69.0 Å². The molecule has 1 unspecified atom stereocenters. The predicted octanol–water partition coefficient (Wildman–Crippen LogP) is 6.46. The molecule has 234 valence electrons. The molecule has 0 aliphatic rings. The number of nitrogens with zero attached hydrogens (tertiary/aromatic N) is 1. The van der Waals surface area contributed by atoms with Crippen LogP contribution in [0.1, 0.15) is 61.9 Å². The number of benzene rings is 3. The highest BCUT2D eigenvalue weighted by Crippen LogP contribution is 2.25. The summed E-state index contributed by atoms with van der Waals surface area (Å²) in [4.78, 5) is 50.5. The van der Waals surface area contributed by atoms with E-state index in [-0.39, 0.29) is 19.1 Å². The zero-order valence-corrected chi connectivity index (χ0v) is 25.6. The standard InChI is InChI=1S/C34H42N4O6/c1-4-6-7-8-9-21-35-34(43)38(3)29-12-10-11-27(23-29)25-15-13-24(14-16-25)22-30(31(39)40)37-33(42)36-28-19-17-26(18-20-28)32(41)44-5-2/h10-20,23,30H,4-9,21-22H2,1-3H3,(H,35,43)(H,39,40)(H2,36,37,42). The molecule has 0 saturated heterocycles. The van der Waals surface area contributed by atoms with Gasteiger partial charge in [0.15, 0.2) is 0 Å². The Kier molecular flexibility index (Phi) is 13.2. The molecular formula is C34H42N4O6. The number of carboxylic acid groups (broad SMARTS) is 1. The molecule has 0 aromatic heterocycles. The third-order valence-corrected chi connectivity index (χ3v) is 7.08. The van der Waals surface area contributed by atoms with Crippen molar-refractivity contribution in [3.05, 3.63) is 83.9 Å². The first-order chi connectivity index (χ1) is 21.2. The van der Waals surface area contributed by atoms with Crippen LogP contribution in [0.2, 0.25) is 0 Å². The fraction of sp³-hybridized carbons (Fsp3) is 0.353. The monoisotopic (exact) mass is 602 g/mol. The lowest BCUT2D eigenvalue weighted by atomic mass is 10.00. The second kappa shape index (κ2) is 17.3. The van der Waals surface area contributed by atoms with E-state index in [1.54, 1.807) is 18.9 Å². The molecule has 10 heteroatoms. The van der Waals surface area contributed by atoms with Crippen LogP contribution in [-0.4, -0.2) is 55.3 Å². The molecule has 3 aromatic rings. The van der Waals surface area contributed by atoms with Crippen LogP contribution in [0.5, 0.6) is 0 Å². The number of carbonyl (C=O) groups excluding carboxylic acids is 3. The molecule has 4 N–H and O–H groups in total. The van der Waals surface area contributed by atoms with Crippen LogP contribution in [-0.2, 0) is 16.0 Å². The van der Waals surface area contributed by atoms with Gasteiger partial charge in [0.2, 0.25) is 0 Å². The summed E-state index contributed by atoms with van der Waals surface area (Å²) in [6.45, 7) is 4.79. The van der Waals surface area contributed by atoms with Gasteiger partial charge in [0.05, 0.1) is 12.2 Å². The molecule has 3 rings (SSSR count). The Morgan fingerprint density at radius 3 is 2.23 bits per heavy atom. The van der Waals surface area contributed by atoms with Crippen LogP contribution >= 0.6 is 0 Å². The van der Waals surface area contributed by atoms with Crippen LogP contribution in [0, 0.1) is 0 Å². The van der Waals surface area contributed by atoms with Crippen LogP contribution in [0.15, 0.2) is 72.8 Å². The molecule has 10 nitrogen and oxygen atoms in total. The van der Waals surface area contributed by atoms with Crippen molar-refractivity contribution in [2.24, 2.45) is 0 Å². The molecule has 0 heterocycles. The molecule has 0 aliphatic carbocycles. The normalized spacial score (nSPS) is 11.2. The first-order valence-corrected chi connectivity index (χ1v) is 15.0. The number of rotatable bonds is 15. The van der Waals surface area contributed by atoms with Gasteiger partial charge < -0.3 is 25.8 Å². The van der Waals surface area contributed by atoms with Gasteiger partial charge in [-0.2, -0.15) is 0 Å². The number of nitrogens with one attached hydrogen (secondary N) is 3. The quantitative estimate of drug-likeness (QED) is 0.116. The number of esters is 1. The number of hydrogen-bond donors (Lipinski definition) is 4. The van der Waals surface area contributed by atoms with E-state index >= 15 is 0 Å². The molecule has 0 radical (unpaired) electrons. The highest BCUT2D eigenvalue weighted by atomic mass is 16.5. The van der Waals surface area contributed by atoms with Crippen molar-refractivity contribution in [1.29, 1.82) is 0 Å². The van der Waals surface area contributed by atoms with Crippen LogP contribution < -0.4 is 20.9 Å². The van der Waals surface area contributed by atoms with Crippen molar-refractivity contribution in [3.8, 4) is 11.1 Å². The largest absolute Gasteiger partial charge is 0.480 e.